The molecule has 0 fully saturated rings. The van der Waals surface area contributed by atoms with Crippen molar-refractivity contribution in [2.75, 3.05) is 17.7 Å². The highest BCUT2D eigenvalue weighted by atomic mass is 32.1. The Balaban J connectivity index is 1.39. The van der Waals surface area contributed by atoms with Gasteiger partial charge in [-0.3, -0.25) is 4.90 Å². The van der Waals surface area contributed by atoms with Crippen molar-refractivity contribution in [2.45, 2.75) is 98.4 Å². The Morgan fingerprint density at radius 1 is 0.740 bits per heavy atom. The lowest BCUT2D eigenvalue weighted by Crippen LogP contribution is -2.52. The number of carbonyl (C=O) groups is 2. The molecule has 10 nitrogen and oxygen atoms in total. The van der Waals surface area contributed by atoms with Gasteiger partial charge >= 0.3 is 12.2 Å². The molecule has 0 bridgehead atoms. The van der Waals surface area contributed by atoms with Crippen LogP contribution in [0.2, 0.25) is 0 Å². The largest absolute Gasteiger partial charge is 0.521 e. The highest BCUT2D eigenvalue weighted by Crippen LogP contribution is 2.38. The number of quaternary nitrogens is 1. The van der Waals surface area contributed by atoms with E-state index in [4.69, 9.17) is 43.4 Å². The fraction of sp³-hybridized carbons (Fsp3) is 0.421. The molecule has 2 N–H and O–H groups in total. The van der Waals surface area contributed by atoms with Crippen molar-refractivity contribution < 1.29 is 28.5 Å². The first-order valence-electron chi connectivity index (χ1n) is 16.7. The van der Waals surface area contributed by atoms with Crippen molar-refractivity contribution in [1.29, 1.82) is 0 Å². The van der Waals surface area contributed by atoms with Gasteiger partial charge in [0, 0.05) is 30.8 Å². The normalized spacial score (nSPS) is 18.2. The molecule has 0 saturated carbocycles. The summed E-state index contributed by atoms with van der Waals surface area (Å²) in [6, 6.07) is 19.3. The van der Waals surface area contributed by atoms with Gasteiger partial charge in [-0.2, -0.15) is 9.28 Å². The summed E-state index contributed by atoms with van der Waals surface area (Å²) >= 11 is 10.8. The first kappa shape index (κ1) is 37.0. The van der Waals surface area contributed by atoms with Crippen LogP contribution in [0.5, 0.6) is 11.5 Å². The molecule has 3 atom stereocenters. The summed E-state index contributed by atoms with van der Waals surface area (Å²) in [5.74, 6) is 1.38. The molecule has 0 spiro atoms. The van der Waals surface area contributed by atoms with E-state index in [0.717, 1.165) is 22.4 Å². The van der Waals surface area contributed by atoms with Gasteiger partial charge < -0.3 is 29.6 Å². The standard InChI is InChI=1S/C38H46N4O6S2/c1-23-33(49)39-29-18-27(14-16-31(29)45-23)21-41(35(43)47-37(3,4)5)20-25-10-12-26(13-11-25)22-42(9,36(44)48-38(6,7)8)28-15-17-32-30(19-28)40-34(50)24(2)46-32/h10-19,23-24H,20-22H2,1-9H3,(H-,39,40,49,50)/p+1. The van der Waals surface area contributed by atoms with Crippen LogP contribution in [0.25, 0.3) is 0 Å². The molecule has 0 saturated heterocycles. The summed E-state index contributed by atoms with van der Waals surface area (Å²) in [7, 11) is 1.84. The molecule has 2 amide bonds. The molecule has 0 aliphatic carbocycles. The zero-order chi connectivity index (χ0) is 36.6. The third-order valence-electron chi connectivity index (χ3n) is 8.16. The van der Waals surface area contributed by atoms with E-state index in [9.17, 15) is 9.59 Å². The van der Waals surface area contributed by atoms with Crippen LogP contribution in [0, 0.1) is 0 Å². The van der Waals surface area contributed by atoms with Gasteiger partial charge in [-0.25, -0.2) is 4.79 Å². The fourth-order valence-electron chi connectivity index (χ4n) is 5.55. The monoisotopic (exact) mass is 719 g/mol. The number of hydrogen-bond acceptors (Lipinski definition) is 8. The van der Waals surface area contributed by atoms with Gasteiger partial charge in [0.1, 0.15) is 57.1 Å². The Hall–Kier alpha value is -4.26. The predicted molar refractivity (Wildman–Crippen MR) is 205 cm³/mol. The van der Waals surface area contributed by atoms with E-state index in [1.54, 1.807) is 4.90 Å². The second-order valence-corrected chi connectivity index (χ2v) is 15.9. The maximum atomic E-state index is 13.9. The molecule has 50 heavy (non-hydrogen) atoms. The van der Waals surface area contributed by atoms with Crippen LogP contribution < -0.4 is 24.6 Å². The van der Waals surface area contributed by atoms with E-state index in [1.165, 1.54) is 0 Å². The minimum Gasteiger partial charge on any atom is -0.481 e. The van der Waals surface area contributed by atoms with Crippen molar-refractivity contribution >= 4 is 63.7 Å². The smallest absolute Gasteiger partial charge is 0.481 e. The number of benzene rings is 3. The predicted octanol–water partition coefficient (Wildman–Crippen LogP) is 8.74. The van der Waals surface area contributed by atoms with Gasteiger partial charge in [-0.15, -0.1) is 0 Å². The number of rotatable bonds is 7. The molecular formula is C38H47N4O6S2+. The number of fused-ring (bicyclic) bond motifs is 2. The third kappa shape index (κ3) is 8.90. The Bertz CT molecular complexity index is 1800. The van der Waals surface area contributed by atoms with Crippen molar-refractivity contribution in [2.24, 2.45) is 0 Å². The van der Waals surface area contributed by atoms with Gasteiger partial charge in [0.2, 0.25) is 0 Å². The van der Waals surface area contributed by atoms with Crippen LogP contribution in [0.15, 0.2) is 60.7 Å². The van der Waals surface area contributed by atoms with Crippen LogP contribution in [0.4, 0.5) is 26.7 Å². The molecule has 12 heteroatoms. The highest BCUT2D eigenvalue weighted by Gasteiger charge is 2.40. The molecule has 3 unspecified atom stereocenters. The topological polar surface area (TPSA) is 98.4 Å². The molecule has 3 aromatic carbocycles. The lowest BCUT2D eigenvalue weighted by molar-refractivity contribution is 0.0215. The average molecular weight is 720 g/mol. The number of carbonyl (C=O) groups excluding carboxylic acids is 2. The molecule has 0 aromatic heterocycles. The van der Waals surface area contributed by atoms with E-state index < -0.39 is 23.4 Å². The van der Waals surface area contributed by atoms with Gasteiger partial charge in [-0.1, -0.05) is 54.8 Å². The molecule has 5 rings (SSSR count). The number of thiocarbonyl (C=S) groups is 2. The number of hydrogen-bond donors (Lipinski definition) is 2. The van der Waals surface area contributed by atoms with Gasteiger partial charge in [0.15, 0.2) is 0 Å². The van der Waals surface area contributed by atoms with Crippen LogP contribution >= 0.6 is 24.4 Å². The number of nitrogens with one attached hydrogen (secondary N) is 2. The zero-order valence-electron chi connectivity index (χ0n) is 30.2. The Morgan fingerprint density at radius 3 is 1.78 bits per heavy atom. The summed E-state index contributed by atoms with van der Waals surface area (Å²) in [5.41, 5.74) is 3.53. The van der Waals surface area contributed by atoms with E-state index in [-0.39, 0.29) is 16.7 Å². The molecular weight excluding hydrogens is 673 g/mol. The molecule has 2 heterocycles. The molecule has 3 aromatic rings. The van der Waals surface area contributed by atoms with Crippen molar-refractivity contribution in [3.05, 3.63) is 77.4 Å². The van der Waals surface area contributed by atoms with E-state index in [1.807, 2.05) is 123 Å². The van der Waals surface area contributed by atoms with Crippen LogP contribution in [-0.2, 0) is 29.1 Å². The Labute approximate surface area is 305 Å². The SMILES string of the molecule is CC1Oc2ccc(CN(Cc3ccc(C[N+](C)(C(=O)OC(C)(C)C)c4ccc5c(c4)NC(=S)C(C)O5)cc3)C(=O)OC(C)(C)C)cc2NC1=S. The van der Waals surface area contributed by atoms with Crippen molar-refractivity contribution in [1.82, 2.24) is 9.38 Å². The Kier molecular flexibility index (Phi) is 10.5. The minimum atomic E-state index is -0.691. The number of ether oxygens (including phenoxy) is 4. The second-order valence-electron chi connectivity index (χ2n) is 15.0. The van der Waals surface area contributed by atoms with Gasteiger partial charge in [0.25, 0.3) is 0 Å². The van der Waals surface area contributed by atoms with Gasteiger partial charge in [-0.05, 0) is 84.7 Å². The highest BCUT2D eigenvalue weighted by molar-refractivity contribution is 7.81. The van der Waals surface area contributed by atoms with Crippen LogP contribution in [0.3, 0.4) is 0 Å². The lowest BCUT2D eigenvalue weighted by Gasteiger charge is -2.34. The lowest BCUT2D eigenvalue weighted by atomic mass is 10.1. The van der Waals surface area contributed by atoms with Crippen molar-refractivity contribution in [3.63, 3.8) is 0 Å². The summed E-state index contributed by atoms with van der Waals surface area (Å²) in [5, 5.41) is 6.48. The van der Waals surface area contributed by atoms with Gasteiger partial charge in [0.05, 0.1) is 18.4 Å². The quantitative estimate of drug-likeness (QED) is 0.182. The van der Waals surface area contributed by atoms with E-state index >= 15 is 0 Å². The molecule has 0 radical (unpaired) electrons. The number of nitrogens with zero attached hydrogens (tertiary/aromatic N) is 2. The molecule has 2 aliphatic heterocycles. The maximum absolute atomic E-state index is 13.9. The summed E-state index contributed by atoms with van der Waals surface area (Å²) in [6.07, 6.45) is -1.28. The van der Waals surface area contributed by atoms with E-state index in [2.05, 4.69) is 10.6 Å². The maximum Gasteiger partial charge on any atom is 0.521 e. The molecule has 2 aliphatic rings. The first-order valence-corrected chi connectivity index (χ1v) is 17.5. The summed E-state index contributed by atoms with van der Waals surface area (Å²) in [4.78, 5) is 30.2. The van der Waals surface area contributed by atoms with E-state index in [0.29, 0.717) is 52.5 Å². The average Bonchev–Trinajstić information content (AvgIpc) is 3.01. The summed E-state index contributed by atoms with van der Waals surface area (Å²) in [6.45, 7) is 15.8. The third-order valence-corrected chi connectivity index (χ3v) is 9.02. The fourth-order valence-corrected chi connectivity index (χ4v) is 5.87. The molecule has 266 valence electrons. The minimum absolute atomic E-state index is 0.157. The van der Waals surface area contributed by atoms with Crippen molar-refractivity contribution in [3.8, 4) is 11.5 Å². The zero-order valence-corrected chi connectivity index (χ0v) is 31.8. The van der Waals surface area contributed by atoms with Crippen LogP contribution in [0.1, 0.15) is 72.1 Å². The first-order chi connectivity index (χ1) is 23.3. The number of amides is 2. The second kappa shape index (κ2) is 14.2. The summed E-state index contributed by atoms with van der Waals surface area (Å²) < 4.78 is 23.4. The van der Waals surface area contributed by atoms with Crippen LogP contribution in [-0.4, -0.2) is 57.5 Å². The Morgan fingerprint density at radius 2 is 1.22 bits per heavy atom. The number of anilines is 2.